The molecule has 0 aliphatic carbocycles. The number of carbonyl (C=O) groups excluding carboxylic acids is 1. The number of aromatic nitrogens is 1. The second kappa shape index (κ2) is 5.72. The van der Waals surface area contributed by atoms with Crippen LogP contribution in [-0.2, 0) is 9.53 Å². The Morgan fingerprint density at radius 2 is 2.40 bits per heavy atom. The van der Waals surface area contributed by atoms with Crippen molar-refractivity contribution in [2.24, 2.45) is 0 Å². The first kappa shape index (κ1) is 12.0. The first-order valence-electron chi connectivity index (χ1n) is 3.95. The third kappa shape index (κ3) is 3.88. The summed E-state index contributed by atoms with van der Waals surface area (Å²) in [6.07, 6.45) is 2.86. The van der Waals surface area contributed by atoms with Gasteiger partial charge in [-0.1, -0.05) is 11.3 Å². The van der Waals surface area contributed by atoms with Crippen molar-refractivity contribution in [3.05, 3.63) is 11.2 Å². The summed E-state index contributed by atoms with van der Waals surface area (Å²) in [5.74, 6) is -0.814. The lowest BCUT2D eigenvalue weighted by Crippen LogP contribution is -2.00. The van der Waals surface area contributed by atoms with E-state index in [9.17, 15) is 9.59 Å². The Morgan fingerprint density at radius 3 is 2.93 bits per heavy atom. The summed E-state index contributed by atoms with van der Waals surface area (Å²) in [7, 11) is 1.33. The Hall–Kier alpha value is -1.08. The van der Waals surface area contributed by atoms with Crippen LogP contribution in [0, 0.1) is 6.20 Å². The second-order valence-corrected chi connectivity index (χ2v) is 4.76. The van der Waals surface area contributed by atoms with Crippen molar-refractivity contribution in [1.29, 1.82) is 0 Å². The molecule has 0 fully saturated rings. The predicted molar refractivity (Wildman–Crippen MR) is 55.3 cm³/mol. The third-order valence-corrected chi connectivity index (χ3v) is 3.49. The van der Waals surface area contributed by atoms with E-state index >= 15 is 0 Å². The molecule has 0 atom stereocenters. The van der Waals surface area contributed by atoms with Crippen molar-refractivity contribution in [2.75, 3.05) is 12.9 Å². The fraction of sp³-hybridized carbons (Fsp3) is 0.375. The van der Waals surface area contributed by atoms with Gasteiger partial charge in [0.25, 0.3) is 0 Å². The van der Waals surface area contributed by atoms with Gasteiger partial charge in [0, 0.05) is 5.75 Å². The molecule has 1 N–H and O–H groups in total. The molecule has 1 rings (SSSR count). The van der Waals surface area contributed by atoms with Crippen molar-refractivity contribution < 1.29 is 19.4 Å². The molecule has 0 aliphatic rings. The SMILES string of the molecule is COC(=O)CCSc1[c]nc(C(=O)O)s1. The average molecular weight is 246 g/mol. The molecule has 0 aromatic carbocycles. The highest BCUT2D eigenvalue weighted by Gasteiger charge is 2.10. The molecule has 1 aromatic heterocycles. The number of carboxylic acids is 1. The largest absolute Gasteiger partial charge is 0.476 e. The number of hydrogen-bond donors (Lipinski definition) is 1. The molecule has 5 nitrogen and oxygen atoms in total. The van der Waals surface area contributed by atoms with E-state index in [1.165, 1.54) is 18.9 Å². The Kier molecular flexibility index (Phi) is 4.57. The summed E-state index contributed by atoms with van der Waals surface area (Å²) in [5, 5.41) is 8.60. The molecule has 0 saturated heterocycles. The van der Waals surface area contributed by atoms with Crippen molar-refractivity contribution in [2.45, 2.75) is 10.6 Å². The van der Waals surface area contributed by atoms with Crippen LogP contribution in [0.3, 0.4) is 0 Å². The van der Waals surface area contributed by atoms with Crippen LogP contribution in [0.4, 0.5) is 0 Å². The highest BCUT2D eigenvalue weighted by Crippen LogP contribution is 2.25. The molecule has 0 unspecified atom stereocenters. The molecule has 0 aliphatic heterocycles. The summed E-state index contributed by atoms with van der Waals surface area (Å²) < 4.78 is 5.13. The van der Waals surface area contributed by atoms with Gasteiger partial charge in [-0.3, -0.25) is 4.79 Å². The van der Waals surface area contributed by atoms with Gasteiger partial charge in [0.05, 0.1) is 17.7 Å². The van der Waals surface area contributed by atoms with E-state index in [0.29, 0.717) is 9.96 Å². The van der Waals surface area contributed by atoms with Crippen molar-refractivity contribution in [3.63, 3.8) is 0 Å². The molecule has 15 heavy (non-hydrogen) atoms. The van der Waals surface area contributed by atoms with Crippen molar-refractivity contribution >= 4 is 35.0 Å². The van der Waals surface area contributed by atoms with E-state index in [2.05, 4.69) is 15.9 Å². The summed E-state index contributed by atoms with van der Waals surface area (Å²) in [6.45, 7) is 0. The van der Waals surface area contributed by atoms with Gasteiger partial charge in [0.2, 0.25) is 5.01 Å². The normalized spacial score (nSPS) is 9.93. The van der Waals surface area contributed by atoms with E-state index in [-0.39, 0.29) is 17.4 Å². The minimum atomic E-state index is -1.06. The molecule has 1 radical (unpaired) electrons. The topological polar surface area (TPSA) is 76.5 Å². The van der Waals surface area contributed by atoms with Gasteiger partial charge in [-0.2, -0.15) is 0 Å². The van der Waals surface area contributed by atoms with Crippen molar-refractivity contribution in [1.82, 2.24) is 4.98 Å². The number of nitrogens with zero attached hydrogens (tertiary/aromatic N) is 1. The molecule has 0 spiro atoms. The first-order chi connectivity index (χ1) is 7.13. The number of thioether (sulfide) groups is 1. The van der Waals surface area contributed by atoms with E-state index < -0.39 is 5.97 Å². The number of thiazole rings is 1. The van der Waals surface area contributed by atoms with Crippen LogP contribution in [0.1, 0.15) is 16.2 Å². The zero-order chi connectivity index (χ0) is 11.3. The lowest BCUT2D eigenvalue weighted by molar-refractivity contribution is -0.140. The van der Waals surface area contributed by atoms with Crippen molar-refractivity contribution in [3.8, 4) is 0 Å². The highest BCUT2D eigenvalue weighted by molar-refractivity contribution is 8.01. The van der Waals surface area contributed by atoms with Crippen LogP contribution in [0.25, 0.3) is 0 Å². The molecule has 7 heteroatoms. The van der Waals surface area contributed by atoms with Crippen LogP contribution >= 0.6 is 23.1 Å². The standard InChI is InChI=1S/C8H8NO4S2/c1-13-5(10)2-3-14-6-4-9-7(15-6)8(11)12/h2-3H2,1H3,(H,11,12). The Bertz CT molecular complexity index is 363. The number of carboxylic acid groups (broad SMARTS) is 1. The first-order valence-corrected chi connectivity index (χ1v) is 5.75. The summed E-state index contributed by atoms with van der Waals surface area (Å²) in [5.41, 5.74) is 0. The molecule has 1 heterocycles. The summed E-state index contributed by atoms with van der Waals surface area (Å²) in [6, 6.07) is 0. The minimum absolute atomic E-state index is 0.00979. The number of ether oxygens (including phenoxy) is 1. The van der Waals surface area contributed by atoms with E-state index in [1.807, 2.05) is 0 Å². The zero-order valence-corrected chi connectivity index (χ0v) is 9.48. The molecule has 0 amide bonds. The Balaban J connectivity index is 2.38. The quantitative estimate of drug-likeness (QED) is 0.623. The van der Waals surface area contributed by atoms with Crippen LogP contribution in [0.15, 0.2) is 4.21 Å². The number of carbonyl (C=O) groups is 2. The van der Waals surface area contributed by atoms with Gasteiger partial charge in [-0.15, -0.1) is 11.8 Å². The van der Waals surface area contributed by atoms with E-state index in [4.69, 9.17) is 5.11 Å². The van der Waals surface area contributed by atoms with Gasteiger partial charge in [-0.05, 0) is 0 Å². The maximum absolute atomic E-state index is 10.8. The summed E-state index contributed by atoms with van der Waals surface area (Å²) >= 11 is 2.38. The minimum Gasteiger partial charge on any atom is -0.476 e. The van der Waals surface area contributed by atoms with Gasteiger partial charge < -0.3 is 9.84 Å². The van der Waals surface area contributed by atoms with E-state index in [0.717, 1.165) is 11.3 Å². The Labute approximate surface area is 94.5 Å². The van der Waals surface area contributed by atoms with Gasteiger partial charge >= 0.3 is 11.9 Å². The smallest absolute Gasteiger partial charge is 0.365 e. The number of esters is 1. The number of aromatic carboxylic acids is 1. The maximum Gasteiger partial charge on any atom is 0.365 e. The number of methoxy groups -OCH3 is 1. The number of hydrogen-bond acceptors (Lipinski definition) is 6. The highest BCUT2D eigenvalue weighted by atomic mass is 32.2. The molecule has 81 valence electrons. The number of rotatable bonds is 5. The van der Waals surface area contributed by atoms with E-state index in [1.54, 1.807) is 0 Å². The summed E-state index contributed by atoms with van der Waals surface area (Å²) in [4.78, 5) is 24.8. The van der Waals surface area contributed by atoms with Crippen LogP contribution in [0.5, 0.6) is 0 Å². The molecule has 0 saturated carbocycles. The zero-order valence-electron chi connectivity index (χ0n) is 7.85. The monoisotopic (exact) mass is 246 g/mol. The second-order valence-electron chi connectivity index (χ2n) is 2.40. The fourth-order valence-electron chi connectivity index (χ4n) is 0.712. The molecule has 1 aromatic rings. The average Bonchev–Trinajstić information content (AvgIpc) is 2.66. The lowest BCUT2D eigenvalue weighted by Gasteiger charge is -1.96. The lowest BCUT2D eigenvalue weighted by atomic mass is 10.5. The predicted octanol–water partition coefficient (Wildman–Crippen LogP) is 1.30. The van der Waals surface area contributed by atoms with Crippen LogP contribution in [0.2, 0.25) is 0 Å². The Morgan fingerprint density at radius 1 is 1.67 bits per heavy atom. The van der Waals surface area contributed by atoms with Gasteiger partial charge in [0.1, 0.15) is 6.20 Å². The van der Waals surface area contributed by atoms with Gasteiger partial charge in [-0.25, -0.2) is 9.78 Å². The molecular formula is C8H8NO4S2. The third-order valence-electron chi connectivity index (χ3n) is 1.39. The molecular weight excluding hydrogens is 238 g/mol. The fourth-order valence-corrected chi connectivity index (χ4v) is 2.44. The van der Waals surface area contributed by atoms with Crippen LogP contribution in [-0.4, -0.2) is 34.9 Å². The molecule has 0 bridgehead atoms. The van der Waals surface area contributed by atoms with Crippen LogP contribution < -0.4 is 0 Å². The van der Waals surface area contributed by atoms with Gasteiger partial charge in [0.15, 0.2) is 0 Å². The maximum atomic E-state index is 10.8.